The maximum atomic E-state index is 11.7. The van der Waals surface area contributed by atoms with Crippen molar-refractivity contribution in [3.63, 3.8) is 0 Å². The van der Waals surface area contributed by atoms with Crippen molar-refractivity contribution in [2.24, 2.45) is 0 Å². The van der Waals surface area contributed by atoms with Gasteiger partial charge in [0.15, 0.2) is 0 Å². The molecular formula is C13H14N2O6. The Morgan fingerprint density at radius 1 is 1.38 bits per heavy atom. The summed E-state index contributed by atoms with van der Waals surface area (Å²) in [7, 11) is 0. The number of ether oxygens (including phenoxy) is 2. The van der Waals surface area contributed by atoms with E-state index >= 15 is 0 Å². The van der Waals surface area contributed by atoms with E-state index in [1.54, 1.807) is 0 Å². The van der Waals surface area contributed by atoms with Gasteiger partial charge >= 0.3 is 0 Å². The van der Waals surface area contributed by atoms with E-state index in [0.717, 1.165) is 0 Å². The van der Waals surface area contributed by atoms with Crippen molar-refractivity contribution in [2.75, 3.05) is 19.8 Å². The molecule has 0 radical (unpaired) electrons. The number of rotatable bonds is 5. The van der Waals surface area contributed by atoms with Gasteiger partial charge in [0.05, 0.1) is 11.0 Å². The number of aliphatic hydroxyl groups is 1. The number of hydrogen-bond acceptors (Lipinski definition) is 6. The molecule has 1 aliphatic heterocycles. The monoisotopic (exact) mass is 294 g/mol. The summed E-state index contributed by atoms with van der Waals surface area (Å²) >= 11 is 0. The second-order valence-corrected chi connectivity index (χ2v) is 4.28. The van der Waals surface area contributed by atoms with E-state index in [2.05, 4.69) is 5.32 Å². The van der Waals surface area contributed by atoms with Crippen molar-refractivity contribution < 1.29 is 24.3 Å². The number of benzene rings is 1. The van der Waals surface area contributed by atoms with Crippen molar-refractivity contribution >= 4 is 11.6 Å². The van der Waals surface area contributed by atoms with Gasteiger partial charge in [0.25, 0.3) is 11.6 Å². The first-order valence-electron chi connectivity index (χ1n) is 6.23. The van der Waals surface area contributed by atoms with Crippen molar-refractivity contribution in [3.8, 4) is 0 Å². The zero-order chi connectivity index (χ0) is 15.2. The van der Waals surface area contributed by atoms with Crippen LogP contribution in [0, 0.1) is 10.1 Å². The van der Waals surface area contributed by atoms with Gasteiger partial charge in [-0.1, -0.05) is 0 Å². The number of carbonyl (C=O) groups excluding carboxylic acids is 1. The molecule has 0 spiro atoms. The van der Waals surface area contributed by atoms with Crippen LogP contribution in [-0.2, 0) is 14.3 Å². The van der Waals surface area contributed by atoms with Crippen molar-refractivity contribution in [1.29, 1.82) is 0 Å². The molecule has 1 amide bonds. The van der Waals surface area contributed by atoms with Crippen LogP contribution >= 0.6 is 0 Å². The number of aliphatic hydroxyl groups excluding tert-OH is 1. The lowest BCUT2D eigenvalue weighted by atomic mass is 10.1. The molecule has 0 unspecified atom stereocenters. The summed E-state index contributed by atoms with van der Waals surface area (Å²) in [6, 6.07) is 5.46. The van der Waals surface area contributed by atoms with Gasteiger partial charge in [0.1, 0.15) is 19.5 Å². The fourth-order valence-corrected chi connectivity index (χ4v) is 1.70. The first-order chi connectivity index (χ1) is 10.1. The molecule has 8 heteroatoms. The van der Waals surface area contributed by atoms with Crippen LogP contribution in [0.1, 0.15) is 11.7 Å². The Morgan fingerprint density at radius 3 is 2.67 bits per heavy atom. The van der Waals surface area contributed by atoms with E-state index in [1.165, 1.54) is 30.5 Å². The first kappa shape index (κ1) is 14.8. The van der Waals surface area contributed by atoms with E-state index in [9.17, 15) is 20.0 Å². The lowest BCUT2D eigenvalue weighted by Gasteiger charge is -2.16. The topological polar surface area (TPSA) is 111 Å². The molecule has 2 N–H and O–H groups in total. The van der Waals surface area contributed by atoms with Gasteiger partial charge in [-0.25, -0.2) is 0 Å². The molecule has 1 atom stereocenters. The summed E-state index contributed by atoms with van der Waals surface area (Å²) in [5.74, 6) is -0.437. The van der Waals surface area contributed by atoms with Gasteiger partial charge in [0, 0.05) is 18.7 Å². The van der Waals surface area contributed by atoms with Crippen LogP contribution in [-0.4, -0.2) is 35.7 Å². The molecule has 8 nitrogen and oxygen atoms in total. The van der Waals surface area contributed by atoms with Crippen LogP contribution in [0.5, 0.6) is 0 Å². The van der Waals surface area contributed by atoms with E-state index < -0.39 is 16.9 Å². The number of nitrogens with one attached hydrogen (secondary N) is 1. The first-order valence-corrected chi connectivity index (χ1v) is 6.23. The highest BCUT2D eigenvalue weighted by molar-refractivity contribution is 5.91. The average Bonchev–Trinajstić information content (AvgIpc) is 2.53. The third-order valence-corrected chi connectivity index (χ3v) is 2.82. The van der Waals surface area contributed by atoms with Crippen LogP contribution in [0.4, 0.5) is 5.69 Å². The average molecular weight is 294 g/mol. The fourth-order valence-electron chi connectivity index (χ4n) is 1.70. The van der Waals surface area contributed by atoms with Crippen molar-refractivity contribution in [2.45, 2.75) is 6.10 Å². The van der Waals surface area contributed by atoms with Crippen LogP contribution in [0.3, 0.4) is 0 Å². The lowest BCUT2D eigenvalue weighted by molar-refractivity contribution is -0.384. The van der Waals surface area contributed by atoms with E-state index in [0.29, 0.717) is 18.8 Å². The molecule has 1 heterocycles. The minimum atomic E-state index is -0.972. The van der Waals surface area contributed by atoms with Crippen molar-refractivity contribution in [3.05, 3.63) is 52.0 Å². The molecule has 0 saturated carbocycles. The Kier molecular flexibility index (Phi) is 4.72. The van der Waals surface area contributed by atoms with Gasteiger partial charge in [0.2, 0.25) is 5.76 Å². The molecular weight excluding hydrogens is 280 g/mol. The number of hydrogen-bond donors (Lipinski definition) is 2. The zero-order valence-corrected chi connectivity index (χ0v) is 11.0. The number of carbonyl (C=O) groups is 1. The van der Waals surface area contributed by atoms with Crippen LogP contribution < -0.4 is 5.32 Å². The highest BCUT2D eigenvalue weighted by Gasteiger charge is 2.17. The molecule has 21 heavy (non-hydrogen) atoms. The van der Waals surface area contributed by atoms with Gasteiger partial charge < -0.3 is 19.9 Å². The Morgan fingerprint density at radius 2 is 2.10 bits per heavy atom. The molecule has 0 aromatic heterocycles. The summed E-state index contributed by atoms with van der Waals surface area (Å²) in [5, 5.41) is 22.9. The molecule has 1 aromatic carbocycles. The summed E-state index contributed by atoms with van der Waals surface area (Å²) < 4.78 is 10.0. The van der Waals surface area contributed by atoms with Crippen LogP contribution in [0.2, 0.25) is 0 Å². The lowest BCUT2D eigenvalue weighted by Crippen LogP contribution is -2.31. The van der Waals surface area contributed by atoms with Crippen LogP contribution in [0.15, 0.2) is 36.3 Å². The molecule has 0 fully saturated rings. The highest BCUT2D eigenvalue weighted by atomic mass is 16.6. The third kappa shape index (κ3) is 3.93. The standard InChI is InChI=1S/C13H14N2O6/c16-11(9-1-3-10(4-2-9)15(18)19)7-14-13(17)12-8-20-5-6-21-12/h1-4,8,11,16H,5-7H2,(H,14,17)/t11-/m0/s1. The summed E-state index contributed by atoms with van der Waals surface area (Å²) in [6.07, 6.45) is 0.247. The number of nitro groups is 1. The van der Waals surface area contributed by atoms with E-state index in [1.807, 2.05) is 0 Å². The summed E-state index contributed by atoms with van der Waals surface area (Å²) in [5.41, 5.74) is 0.406. The van der Waals surface area contributed by atoms with Crippen molar-refractivity contribution in [1.82, 2.24) is 5.32 Å². The third-order valence-electron chi connectivity index (χ3n) is 2.82. The number of non-ortho nitro benzene ring substituents is 1. The van der Waals surface area contributed by atoms with Gasteiger partial charge in [-0.2, -0.15) is 0 Å². The molecule has 1 aromatic rings. The molecule has 112 valence electrons. The Balaban J connectivity index is 1.89. The molecule has 0 saturated heterocycles. The summed E-state index contributed by atoms with van der Waals surface area (Å²) in [6.45, 7) is 0.643. The normalized spacial score (nSPS) is 15.2. The number of amides is 1. The van der Waals surface area contributed by atoms with E-state index in [4.69, 9.17) is 9.47 Å². The van der Waals surface area contributed by atoms with Gasteiger partial charge in [-0.05, 0) is 17.7 Å². The molecule has 2 rings (SSSR count). The largest absolute Gasteiger partial charge is 0.494 e. The number of nitro benzene ring substituents is 1. The summed E-state index contributed by atoms with van der Waals surface area (Å²) in [4.78, 5) is 21.7. The zero-order valence-electron chi connectivity index (χ0n) is 11.0. The predicted molar refractivity (Wildman–Crippen MR) is 71.1 cm³/mol. The maximum absolute atomic E-state index is 11.7. The molecule has 1 aliphatic rings. The second-order valence-electron chi connectivity index (χ2n) is 4.28. The minimum Gasteiger partial charge on any atom is -0.494 e. The smallest absolute Gasteiger partial charge is 0.289 e. The molecule has 0 bridgehead atoms. The Bertz CT molecular complexity index is 554. The molecule has 0 aliphatic carbocycles. The fraction of sp³-hybridized carbons (Fsp3) is 0.308. The Labute approximate surface area is 120 Å². The minimum absolute atomic E-state index is 0.0443. The van der Waals surface area contributed by atoms with E-state index in [-0.39, 0.29) is 18.0 Å². The number of nitrogens with zero attached hydrogens (tertiary/aromatic N) is 1. The van der Waals surface area contributed by atoms with Gasteiger partial charge in [-0.3, -0.25) is 14.9 Å². The Hall–Kier alpha value is -2.61. The predicted octanol–water partition coefficient (Wildman–Crippen LogP) is 0.633. The maximum Gasteiger partial charge on any atom is 0.289 e. The second kappa shape index (κ2) is 6.71. The van der Waals surface area contributed by atoms with Gasteiger partial charge in [-0.15, -0.1) is 0 Å². The highest BCUT2D eigenvalue weighted by Crippen LogP contribution is 2.17. The van der Waals surface area contributed by atoms with Crippen LogP contribution in [0.25, 0.3) is 0 Å². The SMILES string of the molecule is O=C(NC[C@H](O)c1ccc([N+](=O)[O-])cc1)C1=COCCO1. The quantitative estimate of drug-likeness (QED) is 0.608.